The van der Waals surface area contributed by atoms with E-state index in [-0.39, 0.29) is 6.10 Å². The molecule has 0 saturated carbocycles. The number of aliphatic imine (C=N–C) groups is 1. The number of benzene rings is 1. The Morgan fingerprint density at radius 1 is 1.20 bits per heavy atom. The molecule has 1 atom stereocenters. The lowest BCUT2D eigenvalue weighted by molar-refractivity contribution is 0.0398. The highest BCUT2D eigenvalue weighted by molar-refractivity contribution is 7.98. The van der Waals surface area contributed by atoms with Gasteiger partial charge in [0.25, 0.3) is 0 Å². The van der Waals surface area contributed by atoms with Gasteiger partial charge in [-0.1, -0.05) is 24.3 Å². The largest absolute Gasteiger partial charge is 0.373 e. The zero-order valence-corrected chi connectivity index (χ0v) is 16.5. The average molecular weight is 364 g/mol. The van der Waals surface area contributed by atoms with E-state index in [0.29, 0.717) is 0 Å². The fourth-order valence-corrected chi connectivity index (χ4v) is 3.68. The van der Waals surface area contributed by atoms with Gasteiger partial charge < -0.3 is 15.4 Å². The van der Waals surface area contributed by atoms with Crippen LogP contribution in [0.1, 0.15) is 49.3 Å². The van der Waals surface area contributed by atoms with Gasteiger partial charge in [0.1, 0.15) is 0 Å². The van der Waals surface area contributed by atoms with Crippen LogP contribution in [0.5, 0.6) is 0 Å². The van der Waals surface area contributed by atoms with Crippen LogP contribution in [0.4, 0.5) is 0 Å². The van der Waals surface area contributed by atoms with Crippen molar-refractivity contribution in [1.29, 1.82) is 0 Å². The molecule has 25 heavy (non-hydrogen) atoms. The summed E-state index contributed by atoms with van der Waals surface area (Å²) < 4.78 is 6.15. The highest BCUT2D eigenvalue weighted by atomic mass is 32.2. The molecule has 0 fully saturated rings. The molecule has 0 saturated heterocycles. The van der Waals surface area contributed by atoms with E-state index in [4.69, 9.17) is 4.74 Å². The van der Waals surface area contributed by atoms with E-state index in [0.717, 1.165) is 38.5 Å². The van der Waals surface area contributed by atoms with Gasteiger partial charge in [0.05, 0.1) is 6.10 Å². The maximum absolute atomic E-state index is 6.15. The van der Waals surface area contributed by atoms with Crippen molar-refractivity contribution < 1.29 is 4.74 Å². The highest BCUT2D eigenvalue weighted by Crippen LogP contribution is 2.32. The predicted molar refractivity (Wildman–Crippen MR) is 110 cm³/mol. The number of aryl methyl sites for hydroxylation is 1. The monoisotopic (exact) mass is 363 g/mol. The van der Waals surface area contributed by atoms with Gasteiger partial charge in [-0.2, -0.15) is 11.8 Å². The summed E-state index contributed by atoms with van der Waals surface area (Å²) in [4.78, 5) is 4.27. The molecule has 5 heteroatoms. The molecule has 4 nitrogen and oxygen atoms in total. The number of hydrogen-bond donors (Lipinski definition) is 2. The highest BCUT2D eigenvalue weighted by Gasteiger charge is 2.19. The van der Waals surface area contributed by atoms with Crippen molar-refractivity contribution in [1.82, 2.24) is 10.6 Å². The Kier molecular flexibility index (Phi) is 9.82. The van der Waals surface area contributed by atoms with Crippen LogP contribution in [0.25, 0.3) is 0 Å². The van der Waals surface area contributed by atoms with Gasteiger partial charge in [0.2, 0.25) is 0 Å². The van der Waals surface area contributed by atoms with Crippen LogP contribution in [-0.4, -0.2) is 44.7 Å². The fraction of sp³-hybridized carbons (Fsp3) is 0.650. The summed E-state index contributed by atoms with van der Waals surface area (Å²) in [7, 11) is 1.83. The van der Waals surface area contributed by atoms with Crippen LogP contribution in [-0.2, 0) is 11.2 Å². The van der Waals surface area contributed by atoms with Crippen LogP contribution in [0.3, 0.4) is 0 Å². The minimum atomic E-state index is 0.277. The van der Waals surface area contributed by atoms with Gasteiger partial charge in [-0.25, -0.2) is 0 Å². The molecule has 0 spiro atoms. The second kappa shape index (κ2) is 12.2. The molecule has 0 heterocycles. The number of ether oxygens (including phenoxy) is 1. The third kappa shape index (κ3) is 7.28. The number of guanidine groups is 1. The first kappa shape index (κ1) is 20.1. The minimum Gasteiger partial charge on any atom is -0.373 e. The van der Waals surface area contributed by atoms with Gasteiger partial charge in [-0.15, -0.1) is 0 Å². The third-order valence-corrected chi connectivity index (χ3v) is 5.24. The number of nitrogens with one attached hydrogen (secondary N) is 2. The lowest BCUT2D eigenvalue weighted by Gasteiger charge is -2.25. The zero-order valence-electron chi connectivity index (χ0n) is 15.7. The summed E-state index contributed by atoms with van der Waals surface area (Å²) in [5, 5.41) is 6.74. The van der Waals surface area contributed by atoms with Crippen molar-refractivity contribution in [3.05, 3.63) is 35.4 Å². The molecule has 1 aliphatic carbocycles. The maximum Gasteiger partial charge on any atom is 0.190 e. The number of rotatable bonds is 10. The van der Waals surface area contributed by atoms with Crippen molar-refractivity contribution in [2.75, 3.05) is 38.8 Å². The molecular formula is C20H33N3OS. The molecule has 0 aromatic heterocycles. The van der Waals surface area contributed by atoms with E-state index in [1.54, 1.807) is 0 Å². The number of unbranched alkanes of at least 4 members (excludes halogenated alkanes) is 1. The lowest BCUT2D eigenvalue weighted by Crippen LogP contribution is -2.38. The van der Waals surface area contributed by atoms with Crippen molar-refractivity contribution in [3.63, 3.8) is 0 Å². The summed E-state index contributed by atoms with van der Waals surface area (Å²) >= 11 is 1.91. The lowest BCUT2D eigenvalue weighted by atomic mass is 9.89. The van der Waals surface area contributed by atoms with E-state index in [1.807, 2.05) is 18.8 Å². The molecule has 140 valence electrons. The second-order valence-corrected chi connectivity index (χ2v) is 7.42. The van der Waals surface area contributed by atoms with Crippen molar-refractivity contribution in [3.8, 4) is 0 Å². The van der Waals surface area contributed by atoms with Crippen LogP contribution in [0, 0.1) is 0 Å². The van der Waals surface area contributed by atoms with Crippen LogP contribution < -0.4 is 10.6 Å². The molecule has 0 bridgehead atoms. The summed E-state index contributed by atoms with van der Waals surface area (Å²) in [6, 6.07) is 8.71. The van der Waals surface area contributed by atoms with Gasteiger partial charge in [0.15, 0.2) is 5.96 Å². The molecule has 1 aromatic rings. The Balaban J connectivity index is 1.58. The Morgan fingerprint density at radius 2 is 2.00 bits per heavy atom. The fourth-order valence-electron chi connectivity index (χ4n) is 3.19. The molecule has 2 rings (SSSR count). The number of nitrogens with zero attached hydrogens (tertiary/aromatic N) is 1. The van der Waals surface area contributed by atoms with E-state index < -0.39 is 0 Å². The third-order valence-electron chi connectivity index (χ3n) is 4.54. The number of hydrogen-bond acceptors (Lipinski definition) is 3. The summed E-state index contributed by atoms with van der Waals surface area (Å²) in [6.45, 7) is 2.66. The molecule has 0 radical (unpaired) electrons. The van der Waals surface area contributed by atoms with Crippen LogP contribution in [0.15, 0.2) is 29.3 Å². The minimum absolute atomic E-state index is 0.277. The zero-order chi connectivity index (χ0) is 17.7. The Morgan fingerprint density at radius 3 is 2.80 bits per heavy atom. The van der Waals surface area contributed by atoms with E-state index >= 15 is 0 Å². The normalized spacial score (nSPS) is 17.2. The van der Waals surface area contributed by atoms with Crippen molar-refractivity contribution in [2.24, 2.45) is 4.99 Å². The van der Waals surface area contributed by atoms with Gasteiger partial charge >= 0.3 is 0 Å². The SMILES string of the molecule is CN=C(NCCCCSC)NCCCOC1CCCc2ccccc21. The molecule has 0 aliphatic heterocycles. The van der Waals surface area contributed by atoms with Gasteiger partial charge in [-0.3, -0.25) is 4.99 Å². The summed E-state index contributed by atoms with van der Waals surface area (Å²) in [6.07, 6.45) is 9.42. The van der Waals surface area contributed by atoms with Crippen molar-refractivity contribution >= 4 is 17.7 Å². The number of thioether (sulfide) groups is 1. The summed E-state index contributed by atoms with van der Waals surface area (Å²) in [5.41, 5.74) is 2.85. The summed E-state index contributed by atoms with van der Waals surface area (Å²) in [5.74, 6) is 2.13. The van der Waals surface area contributed by atoms with Crippen LogP contribution in [0.2, 0.25) is 0 Å². The smallest absolute Gasteiger partial charge is 0.190 e. The Labute approximate surface area is 157 Å². The predicted octanol–water partition coefficient (Wildman–Crippen LogP) is 3.78. The number of fused-ring (bicyclic) bond motifs is 1. The quantitative estimate of drug-likeness (QED) is 0.377. The molecule has 1 aromatic carbocycles. The first-order valence-corrected chi connectivity index (χ1v) is 10.9. The van der Waals surface area contributed by atoms with Gasteiger partial charge in [0, 0.05) is 26.7 Å². The molecule has 1 aliphatic rings. The van der Waals surface area contributed by atoms with E-state index in [2.05, 4.69) is 46.1 Å². The standard InChI is InChI=1S/C20H33N3OS/c1-21-20(22-13-5-6-16-25-2)23-14-8-15-24-19-12-7-10-17-9-3-4-11-18(17)19/h3-4,9,11,19H,5-8,10,12-16H2,1-2H3,(H2,21,22,23). The Bertz CT molecular complexity index is 521. The van der Waals surface area contributed by atoms with Crippen LogP contribution >= 0.6 is 11.8 Å². The topological polar surface area (TPSA) is 45.7 Å². The molecular weight excluding hydrogens is 330 g/mol. The Hall–Kier alpha value is -1.20. The average Bonchev–Trinajstić information content (AvgIpc) is 2.66. The maximum atomic E-state index is 6.15. The first-order valence-electron chi connectivity index (χ1n) is 9.48. The van der Waals surface area contributed by atoms with E-state index in [9.17, 15) is 0 Å². The van der Waals surface area contributed by atoms with Gasteiger partial charge in [-0.05, 0) is 61.7 Å². The molecule has 0 amide bonds. The second-order valence-electron chi connectivity index (χ2n) is 6.43. The first-order chi connectivity index (χ1) is 12.3. The molecule has 1 unspecified atom stereocenters. The van der Waals surface area contributed by atoms with E-state index in [1.165, 1.54) is 42.6 Å². The van der Waals surface area contributed by atoms with Crippen molar-refractivity contribution in [2.45, 2.75) is 44.6 Å². The molecule has 2 N–H and O–H groups in total.